The zero-order chi connectivity index (χ0) is 11.3. The van der Waals surface area contributed by atoms with Crippen molar-refractivity contribution in [3.8, 4) is 0 Å². The zero-order valence-electron chi connectivity index (χ0n) is 8.26. The van der Waals surface area contributed by atoms with E-state index in [9.17, 15) is 9.18 Å². The molecule has 0 fully saturated rings. The first-order chi connectivity index (χ1) is 7.09. The van der Waals surface area contributed by atoms with Crippen molar-refractivity contribution in [3.63, 3.8) is 0 Å². The van der Waals surface area contributed by atoms with Crippen molar-refractivity contribution in [2.75, 3.05) is 6.54 Å². The molecule has 0 unspecified atom stereocenters. The van der Waals surface area contributed by atoms with Crippen molar-refractivity contribution >= 4 is 23.6 Å². The molecule has 0 aliphatic rings. The molecule has 0 aromatic heterocycles. The third-order valence-corrected chi connectivity index (χ3v) is 1.96. The molecule has 0 saturated heterocycles. The van der Waals surface area contributed by atoms with Gasteiger partial charge in [0.25, 0.3) is 0 Å². The van der Waals surface area contributed by atoms with Crippen LogP contribution in [0.3, 0.4) is 0 Å². The maximum Gasteiger partial charge on any atom is 0.217 e. The number of amides is 1. The van der Waals surface area contributed by atoms with Gasteiger partial charge >= 0.3 is 0 Å². The van der Waals surface area contributed by atoms with Gasteiger partial charge in [-0.25, -0.2) is 4.39 Å². The summed E-state index contributed by atoms with van der Waals surface area (Å²) in [6.45, 7) is 1.80. The fourth-order valence-electron chi connectivity index (χ4n) is 1.03. The number of nitrogens with one attached hydrogen (secondary N) is 1. The number of rotatable bonds is 3. The number of carbonyl (C=O) groups excluding carboxylic acids is 1. The van der Waals surface area contributed by atoms with Gasteiger partial charge in [-0.15, -0.1) is 0 Å². The first kappa shape index (κ1) is 11.7. The Bertz CT molecular complexity index is 390. The van der Waals surface area contributed by atoms with Gasteiger partial charge in [-0.1, -0.05) is 23.8 Å². The van der Waals surface area contributed by atoms with E-state index in [0.29, 0.717) is 17.1 Å². The van der Waals surface area contributed by atoms with E-state index in [1.54, 1.807) is 12.2 Å². The number of halogens is 2. The maximum atomic E-state index is 13.2. The first-order valence-electron chi connectivity index (χ1n) is 4.45. The third-order valence-electron chi connectivity index (χ3n) is 1.72. The Morgan fingerprint density at radius 1 is 1.60 bits per heavy atom. The topological polar surface area (TPSA) is 29.1 Å². The highest BCUT2D eigenvalue weighted by atomic mass is 35.5. The molecule has 0 heterocycles. The van der Waals surface area contributed by atoms with Crippen molar-refractivity contribution in [1.82, 2.24) is 5.32 Å². The van der Waals surface area contributed by atoms with Crippen molar-refractivity contribution in [2.45, 2.75) is 6.92 Å². The average molecular weight is 228 g/mol. The molecule has 0 atom stereocenters. The summed E-state index contributed by atoms with van der Waals surface area (Å²) < 4.78 is 13.2. The fourth-order valence-corrected chi connectivity index (χ4v) is 1.21. The average Bonchev–Trinajstić information content (AvgIpc) is 2.17. The van der Waals surface area contributed by atoms with Crippen LogP contribution in [0.1, 0.15) is 12.5 Å². The van der Waals surface area contributed by atoms with Gasteiger partial charge in [0.1, 0.15) is 5.82 Å². The minimum absolute atomic E-state index is 0.119. The van der Waals surface area contributed by atoms with Crippen molar-refractivity contribution in [2.24, 2.45) is 0 Å². The van der Waals surface area contributed by atoms with Crippen LogP contribution in [0.4, 0.5) is 4.39 Å². The third kappa shape index (κ3) is 4.13. The predicted molar refractivity (Wildman–Crippen MR) is 59.1 cm³/mol. The SMILES string of the molecule is CC(=O)NCC=Cc1cc(Cl)ccc1F. The monoisotopic (exact) mass is 227 g/mol. The summed E-state index contributed by atoms with van der Waals surface area (Å²) in [5.74, 6) is -0.454. The van der Waals surface area contributed by atoms with E-state index < -0.39 is 0 Å². The Morgan fingerprint density at radius 3 is 3.00 bits per heavy atom. The molecule has 1 aromatic carbocycles. The predicted octanol–water partition coefficient (Wildman–Crippen LogP) is 2.63. The lowest BCUT2D eigenvalue weighted by Crippen LogP contribution is -2.19. The van der Waals surface area contributed by atoms with Gasteiger partial charge < -0.3 is 5.32 Å². The summed E-state index contributed by atoms with van der Waals surface area (Å²) in [7, 11) is 0. The summed E-state index contributed by atoms with van der Waals surface area (Å²) in [6, 6.07) is 4.32. The van der Waals surface area contributed by atoms with E-state index in [4.69, 9.17) is 11.6 Å². The van der Waals surface area contributed by atoms with Gasteiger partial charge in [0.15, 0.2) is 0 Å². The second-order valence-electron chi connectivity index (χ2n) is 3.01. The molecule has 80 valence electrons. The van der Waals surface area contributed by atoms with Crippen LogP contribution in [0, 0.1) is 5.82 Å². The van der Waals surface area contributed by atoms with Gasteiger partial charge in [0.05, 0.1) is 0 Å². The lowest BCUT2D eigenvalue weighted by molar-refractivity contribution is -0.118. The van der Waals surface area contributed by atoms with E-state index in [1.807, 2.05) is 0 Å². The highest BCUT2D eigenvalue weighted by Gasteiger charge is 1.98. The van der Waals surface area contributed by atoms with E-state index in [2.05, 4.69) is 5.32 Å². The molecule has 1 N–H and O–H groups in total. The van der Waals surface area contributed by atoms with E-state index in [-0.39, 0.29) is 11.7 Å². The molecule has 1 rings (SSSR count). The van der Waals surface area contributed by atoms with Crippen LogP contribution < -0.4 is 5.32 Å². The highest BCUT2D eigenvalue weighted by molar-refractivity contribution is 6.30. The summed E-state index contributed by atoms with van der Waals surface area (Å²) in [6.07, 6.45) is 3.24. The van der Waals surface area contributed by atoms with Crippen LogP contribution in [-0.2, 0) is 4.79 Å². The molecule has 0 spiro atoms. The number of carbonyl (C=O) groups is 1. The molecular weight excluding hydrogens is 217 g/mol. The number of hydrogen-bond donors (Lipinski definition) is 1. The smallest absolute Gasteiger partial charge is 0.217 e. The zero-order valence-corrected chi connectivity index (χ0v) is 9.01. The van der Waals surface area contributed by atoms with Crippen LogP contribution in [0.5, 0.6) is 0 Å². The molecule has 1 amide bonds. The molecular formula is C11H11ClFNO. The molecule has 1 aromatic rings. The molecule has 4 heteroatoms. The summed E-state index contributed by atoms with van der Waals surface area (Å²) in [5, 5.41) is 3.05. The lowest BCUT2D eigenvalue weighted by Gasteiger charge is -1.98. The van der Waals surface area contributed by atoms with Crippen LogP contribution in [0.25, 0.3) is 6.08 Å². The van der Waals surface area contributed by atoms with Gasteiger partial charge in [-0.05, 0) is 18.2 Å². The van der Waals surface area contributed by atoms with E-state index >= 15 is 0 Å². The van der Waals surface area contributed by atoms with Crippen LogP contribution in [-0.4, -0.2) is 12.5 Å². The van der Waals surface area contributed by atoms with E-state index in [1.165, 1.54) is 25.1 Å². The second kappa shape index (κ2) is 5.51. The van der Waals surface area contributed by atoms with Crippen LogP contribution >= 0.6 is 11.6 Å². The maximum absolute atomic E-state index is 13.2. The van der Waals surface area contributed by atoms with Gasteiger partial charge in [0, 0.05) is 24.1 Å². The van der Waals surface area contributed by atoms with Crippen molar-refractivity contribution in [3.05, 3.63) is 40.7 Å². The second-order valence-corrected chi connectivity index (χ2v) is 3.44. The summed E-state index contributed by atoms with van der Waals surface area (Å²) in [4.78, 5) is 10.5. The van der Waals surface area contributed by atoms with Crippen molar-refractivity contribution in [1.29, 1.82) is 0 Å². The first-order valence-corrected chi connectivity index (χ1v) is 4.83. The Balaban J connectivity index is 2.63. The summed E-state index contributed by atoms with van der Waals surface area (Å²) in [5.41, 5.74) is 0.410. The molecule has 0 bridgehead atoms. The minimum atomic E-state index is -0.335. The summed E-state index contributed by atoms with van der Waals surface area (Å²) >= 11 is 5.71. The molecule has 0 aliphatic heterocycles. The Labute approximate surface area is 92.7 Å². The normalized spacial score (nSPS) is 10.6. The largest absolute Gasteiger partial charge is 0.353 e. The van der Waals surface area contributed by atoms with E-state index in [0.717, 1.165) is 0 Å². The van der Waals surface area contributed by atoms with Crippen molar-refractivity contribution < 1.29 is 9.18 Å². The Hall–Kier alpha value is -1.35. The standard InChI is InChI=1S/C11H11ClFNO/c1-8(15)14-6-2-3-9-7-10(12)4-5-11(9)13/h2-5,7H,6H2,1H3,(H,14,15). The van der Waals surface area contributed by atoms with Crippen LogP contribution in [0.15, 0.2) is 24.3 Å². The molecule has 2 nitrogen and oxygen atoms in total. The van der Waals surface area contributed by atoms with Gasteiger partial charge in [-0.3, -0.25) is 4.79 Å². The molecule has 0 aliphatic carbocycles. The Kier molecular flexibility index (Phi) is 4.31. The van der Waals surface area contributed by atoms with Crippen LogP contribution in [0.2, 0.25) is 5.02 Å². The fraction of sp³-hybridized carbons (Fsp3) is 0.182. The Morgan fingerprint density at radius 2 is 2.33 bits per heavy atom. The van der Waals surface area contributed by atoms with Gasteiger partial charge in [-0.2, -0.15) is 0 Å². The quantitative estimate of drug-likeness (QED) is 0.845. The minimum Gasteiger partial charge on any atom is -0.353 e. The molecule has 15 heavy (non-hydrogen) atoms. The number of hydrogen-bond acceptors (Lipinski definition) is 1. The number of benzene rings is 1. The highest BCUT2D eigenvalue weighted by Crippen LogP contribution is 2.15. The molecule has 0 saturated carbocycles. The molecule has 0 radical (unpaired) electrons. The van der Waals surface area contributed by atoms with Gasteiger partial charge in [0.2, 0.25) is 5.91 Å². The lowest BCUT2D eigenvalue weighted by atomic mass is 10.2.